The predicted octanol–water partition coefficient (Wildman–Crippen LogP) is 1.72. The topological polar surface area (TPSA) is 78.5 Å². The molecule has 2 N–H and O–H groups in total. The highest BCUT2D eigenvalue weighted by molar-refractivity contribution is 7.89. The first-order chi connectivity index (χ1) is 12.5. The van der Waals surface area contributed by atoms with Crippen LogP contribution < -0.4 is 10.6 Å². The highest BCUT2D eigenvalue weighted by Gasteiger charge is 2.32. The molecule has 1 heterocycles. The Morgan fingerprint density at radius 3 is 2.44 bits per heavy atom. The average Bonchev–Trinajstić information content (AvgIpc) is 2.67. The van der Waals surface area contributed by atoms with Gasteiger partial charge in [0.15, 0.2) is 0 Å². The fraction of sp³-hybridized carbons (Fsp3) is 0.632. The molecule has 0 unspecified atom stereocenters. The molecule has 0 bridgehead atoms. The summed E-state index contributed by atoms with van der Waals surface area (Å²) in [6.45, 7) is 2.15. The molecule has 27 heavy (non-hydrogen) atoms. The van der Waals surface area contributed by atoms with Crippen LogP contribution in [-0.4, -0.2) is 51.9 Å². The van der Waals surface area contributed by atoms with E-state index in [1.165, 1.54) is 21.9 Å². The number of likely N-dealkylation sites (N-methyl/N-ethyl adjacent to an activating group) is 1. The van der Waals surface area contributed by atoms with E-state index in [1.807, 2.05) is 19.2 Å². The summed E-state index contributed by atoms with van der Waals surface area (Å²) >= 11 is 0. The van der Waals surface area contributed by atoms with E-state index in [0.29, 0.717) is 37.4 Å². The minimum absolute atomic E-state index is 0. The fourth-order valence-electron chi connectivity index (χ4n) is 3.83. The Bertz CT molecular complexity index is 747. The third-order valence-corrected chi connectivity index (χ3v) is 7.35. The lowest BCUT2D eigenvalue weighted by Crippen LogP contribution is -2.43. The Morgan fingerprint density at radius 1 is 1.11 bits per heavy atom. The van der Waals surface area contributed by atoms with E-state index in [-0.39, 0.29) is 24.2 Å². The van der Waals surface area contributed by atoms with Gasteiger partial charge in [0.25, 0.3) is 0 Å². The molecule has 8 heteroatoms. The number of rotatable bonds is 6. The Kier molecular flexibility index (Phi) is 8.09. The first kappa shape index (κ1) is 22.1. The van der Waals surface area contributed by atoms with Crippen molar-refractivity contribution in [3.05, 3.63) is 29.3 Å². The quantitative estimate of drug-likeness (QED) is 0.693. The Morgan fingerprint density at radius 2 is 1.78 bits per heavy atom. The number of nitrogens with one attached hydrogen (secondary N) is 2. The van der Waals surface area contributed by atoms with Crippen molar-refractivity contribution in [2.24, 2.45) is 5.92 Å². The Labute approximate surface area is 168 Å². The number of carbonyl (C=O) groups excluding carboxylic acids is 1. The van der Waals surface area contributed by atoms with Gasteiger partial charge in [-0.2, -0.15) is 4.31 Å². The smallest absolute Gasteiger partial charge is 0.243 e. The number of amides is 1. The normalized spacial score (nSPS) is 18.4. The van der Waals surface area contributed by atoms with Gasteiger partial charge in [0.1, 0.15) is 0 Å². The molecule has 1 aromatic rings. The van der Waals surface area contributed by atoms with E-state index in [0.717, 1.165) is 25.8 Å². The number of fused-ring (bicyclic) bond motifs is 1. The third kappa shape index (κ3) is 5.22. The lowest BCUT2D eigenvalue weighted by molar-refractivity contribution is -0.126. The number of sulfonamides is 1. The number of aryl methyl sites for hydroxylation is 2. The second kappa shape index (κ2) is 9.87. The largest absolute Gasteiger partial charge is 0.355 e. The molecule has 0 aromatic heterocycles. The summed E-state index contributed by atoms with van der Waals surface area (Å²) in [5, 5.41) is 5.89. The molecule has 0 saturated carbocycles. The van der Waals surface area contributed by atoms with Crippen LogP contribution in [0.2, 0.25) is 0 Å². The molecule has 152 valence electrons. The number of hydrogen-bond acceptors (Lipinski definition) is 4. The summed E-state index contributed by atoms with van der Waals surface area (Å²) in [4.78, 5) is 12.6. The van der Waals surface area contributed by atoms with Crippen LogP contribution in [-0.2, 0) is 27.7 Å². The summed E-state index contributed by atoms with van der Waals surface area (Å²) in [5.74, 6) is -0.0621. The zero-order chi connectivity index (χ0) is 18.6. The van der Waals surface area contributed by atoms with E-state index in [2.05, 4.69) is 10.6 Å². The van der Waals surface area contributed by atoms with Gasteiger partial charge in [-0.3, -0.25) is 4.79 Å². The summed E-state index contributed by atoms with van der Waals surface area (Å²) in [5.41, 5.74) is 2.46. The molecule has 1 aliphatic carbocycles. The van der Waals surface area contributed by atoms with Crippen molar-refractivity contribution in [1.29, 1.82) is 0 Å². The number of piperidine rings is 1. The molecule has 0 atom stereocenters. The van der Waals surface area contributed by atoms with Crippen LogP contribution in [0, 0.1) is 5.92 Å². The van der Waals surface area contributed by atoms with Gasteiger partial charge in [-0.05, 0) is 68.8 Å². The first-order valence-electron chi connectivity index (χ1n) is 9.56. The fourth-order valence-corrected chi connectivity index (χ4v) is 5.35. The van der Waals surface area contributed by atoms with Crippen LogP contribution in [0.15, 0.2) is 23.1 Å². The summed E-state index contributed by atoms with van der Waals surface area (Å²) in [6, 6.07) is 5.58. The average molecular weight is 416 g/mol. The van der Waals surface area contributed by atoms with Gasteiger partial charge < -0.3 is 10.6 Å². The number of benzene rings is 1. The second-order valence-electron chi connectivity index (χ2n) is 7.21. The summed E-state index contributed by atoms with van der Waals surface area (Å²) in [6.07, 6.45) is 5.48. The number of hydrogen-bond donors (Lipinski definition) is 2. The SMILES string of the molecule is CNCCNC(=O)C1CCN(S(=O)(=O)c2ccc3c(c2)CCCC3)CC1.Cl. The molecule has 0 spiro atoms. The highest BCUT2D eigenvalue weighted by Crippen LogP contribution is 2.28. The molecule has 1 saturated heterocycles. The standard InChI is InChI=1S/C19H29N3O3S.ClH/c1-20-10-11-21-19(23)16-8-12-22(13-9-16)26(24,25)18-7-6-15-4-2-3-5-17(15)14-18;/h6-7,14,16,20H,2-5,8-13H2,1H3,(H,21,23);1H. The molecule has 6 nitrogen and oxygen atoms in total. The second-order valence-corrected chi connectivity index (χ2v) is 9.15. The lowest BCUT2D eigenvalue weighted by atomic mass is 9.92. The van der Waals surface area contributed by atoms with Gasteiger partial charge >= 0.3 is 0 Å². The van der Waals surface area contributed by atoms with Crippen molar-refractivity contribution in [2.75, 3.05) is 33.2 Å². The van der Waals surface area contributed by atoms with E-state index in [4.69, 9.17) is 0 Å². The molecular weight excluding hydrogens is 386 g/mol. The minimum Gasteiger partial charge on any atom is -0.355 e. The van der Waals surface area contributed by atoms with Crippen molar-refractivity contribution in [2.45, 2.75) is 43.4 Å². The van der Waals surface area contributed by atoms with Crippen LogP contribution in [0.5, 0.6) is 0 Å². The molecule has 1 amide bonds. The molecule has 2 aliphatic rings. The maximum Gasteiger partial charge on any atom is 0.243 e. The first-order valence-corrected chi connectivity index (χ1v) is 11.0. The number of nitrogens with zero attached hydrogens (tertiary/aromatic N) is 1. The molecule has 0 radical (unpaired) electrons. The van der Waals surface area contributed by atoms with Crippen LogP contribution in [0.4, 0.5) is 0 Å². The van der Waals surface area contributed by atoms with E-state index >= 15 is 0 Å². The molecule has 3 rings (SSSR count). The van der Waals surface area contributed by atoms with Gasteiger partial charge in [-0.15, -0.1) is 12.4 Å². The Balaban J connectivity index is 0.00000261. The molecule has 1 aromatic carbocycles. The van der Waals surface area contributed by atoms with Crippen molar-refractivity contribution < 1.29 is 13.2 Å². The number of halogens is 1. The van der Waals surface area contributed by atoms with Gasteiger partial charge in [0.05, 0.1) is 4.90 Å². The highest BCUT2D eigenvalue weighted by atomic mass is 35.5. The zero-order valence-electron chi connectivity index (χ0n) is 15.9. The van der Waals surface area contributed by atoms with Gasteiger partial charge in [-0.25, -0.2) is 8.42 Å². The van der Waals surface area contributed by atoms with Crippen LogP contribution >= 0.6 is 12.4 Å². The summed E-state index contributed by atoms with van der Waals surface area (Å²) < 4.78 is 27.5. The predicted molar refractivity (Wildman–Crippen MR) is 109 cm³/mol. The van der Waals surface area contributed by atoms with Crippen molar-refractivity contribution in [1.82, 2.24) is 14.9 Å². The minimum atomic E-state index is -3.47. The van der Waals surface area contributed by atoms with E-state index < -0.39 is 10.0 Å². The van der Waals surface area contributed by atoms with Crippen LogP contribution in [0.25, 0.3) is 0 Å². The number of carbonyl (C=O) groups is 1. The third-order valence-electron chi connectivity index (χ3n) is 5.46. The zero-order valence-corrected chi connectivity index (χ0v) is 17.5. The van der Waals surface area contributed by atoms with Gasteiger partial charge in [0.2, 0.25) is 15.9 Å². The van der Waals surface area contributed by atoms with E-state index in [9.17, 15) is 13.2 Å². The molecule has 1 fully saturated rings. The van der Waals surface area contributed by atoms with E-state index in [1.54, 1.807) is 6.07 Å². The molecular formula is C19H30ClN3O3S. The maximum absolute atomic E-state index is 13.0. The van der Waals surface area contributed by atoms with Crippen molar-refractivity contribution in [3.63, 3.8) is 0 Å². The maximum atomic E-state index is 13.0. The van der Waals surface area contributed by atoms with Gasteiger partial charge in [-0.1, -0.05) is 6.07 Å². The van der Waals surface area contributed by atoms with Crippen LogP contribution in [0.1, 0.15) is 36.8 Å². The van der Waals surface area contributed by atoms with Gasteiger partial charge in [0, 0.05) is 32.1 Å². The molecule has 1 aliphatic heterocycles. The Hall–Kier alpha value is -1.15. The van der Waals surface area contributed by atoms with Crippen LogP contribution in [0.3, 0.4) is 0 Å². The van der Waals surface area contributed by atoms with Crippen molar-refractivity contribution in [3.8, 4) is 0 Å². The summed E-state index contributed by atoms with van der Waals surface area (Å²) in [7, 11) is -1.63. The van der Waals surface area contributed by atoms with Crippen molar-refractivity contribution >= 4 is 28.3 Å². The lowest BCUT2D eigenvalue weighted by Gasteiger charge is -2.31. The monoisotopic (exact) mass is 415 g/mol.